The number of benzene rings is 2. The number of nitrogens with one attached hydrogen (secondary N) is 2. The third-order valence-electron chi connectivity index (χ3n) is 3.10. The smallest absolute Gasteiger partial charge is 0.255 e. The molecule has 0 aliphatic rings. The lowest BCUT2D eigenvalue weighted by molar-refractivity contribution is 0.0948. The maximum atomic E-state index is 12.1. The van der Waals surface area contributed by atoms with Crippen LogP contribution in [-0.2, 0) is 6.54 Å². The molecule has 1 amide bonds. The number of phenols is 1. The number of aromatic nitrogens is 2. The van der Waals surface area contributed by atoms with Crippen molar-refractivity contribution in [3.05, 3.63) is 60.2 Å². The molecule has 0 spiro atoms. The van der Waals surface area contributed by atoms with E-state index in [0.717, 1.165) is 16.5 Å². The molecule has 0 aliphatic heterocycles. The van der Waals surface area contributed by atoms with Gasteiger partial charge in [-0.2, -0.15) is 0 Å². The van der Waals surface area contributed by atoms with E-state index >= 15 is 0 Å². The number of aromatic amines is 1. The van der Waals surface area contributed by atoms with Crippen molar-refractivity contribution < 1.29 is 9.90 Å². The zero-order valence-corrected chi connectivity index (χ0v) is 10.6. The lowest BCUT2D eigenvalue weighted by atomic mass is 10.1. The van der Waals surface area contributed by atoms with Gasteiger partial charge in [-0.05, 0) is 22.9 Å². The lowest BCUT2D eigenvalue weighted by Gasteiger charge is -2.07. The minimum absolute atomic E-state index is 0.0224. The van der Waals surface area contributed by atoms with Crippen molar-refractivity contribution in [1.29, 1.82) is 0 Å². The highest BCUT2D eigenvalue weighted by Crippen LogP contribution is 2.24. The summed E-state index contributed by atoms with van der Waals surface area (Å²) >= 11 is 0. The van der Waals surface area contributed by atoms with Crippen LogP contribution in [0.15, 0.2) is 48.9 Å². The lowest BCUT2D eigenvalue weighted by Crippen LogP contribution is -2.23. The van der Waals surface area contributed by atoms with Crippen LogP contribution in [0.25, 0.3) is 10.8 Å². The van der Waals surface area contributed by atoms with Crippen molar-refractivity contribution in [3.63, 3.8) is 0 Å². The molecule has 3 N–H and O–H groups in total. The third kappa shape index (κ3) is 2.33. The number of imidazole rings is 1. The van der Waals surface area contributed by atoms with Gasteiger partial charge in [0.25, 0.3) is 5.91 Å². The SMILES string of the molecule is O=C(NCc1cnc[nH]1)c1cc2ccccc2cc1O. The highest BCUT2D eigenvalue weighted by molar-refractivity contribution is 6.01. The number of amides is 1. The molecule has 20 heavy (non-hydrogen) atoms. The number of aromatic hydroxyl groups is 1. The molecule has 100 valence electrons. The Bertz CT molecular complexity index is 751. The second kappa shape index (κ2) is 5.05. The number of nitrogens with zero attached hydrogens (tertiary/aromatic N) is 1. The van der Waals surface area contributed by atoms with Crippen LogP contribution in [-0.4, -0.2) is 21.0 Å². The first-order valence-corrected chi connectivity index (χ1v) is 6.21. The molecule has 0 unspecified atom stereocenters. The van der Waals surface area contributed by atoms with E-state index in [4.69, 9.17) is 0 Å². The molecular formula is C15H13N3O2. The molecule has 0 radical (unpaired) electrons. The number of H-pyrrole nitrogens is 1. The van der Waals surface area contributed by atoms with E-state index in [-0.39, 0.29) is 17.2 Å². The summed E-state index contributed by atoms with van der Waals surface area (Å²) in [6.45, 7) is 0.338. The van der Waals surface area contributed by atoms with E-state index in [1.165, 1.54) is 0 Å². The van der Waals surface area contributed by atoms with Gasteiger partial charge in [-0.25, -0.2) is 4.98 Å². The zero-order valence-electron chi connectivity index (χ0n) is 10.6. The van der Waals surface area contributed by atoms with Gasteiger partial charge in [0.05, 0.1) is 24.1 Å². The van der Waals surface area contributed by atoms with E-state index in [9.17, 15) is 9.90 Å². The van der Waals surface area contributed by atoms with Crippen molar-refractivity contribution >= 4 is 16.7 Å². The first-order chi connectivity index (χ1) is 9.74. The van der Waals surface area contributed by atoms with E-state index in [1.807, 2.05) is 24.3 Å². The molecule has 0 fully saturated rings. The van der Waals surface area contributed by atoms with Crippen LogP contribution in [0.5, 0.6) is 5.75 Å². The molecule has 5 nitrogen and oxygen atoms in total. The van der Waals surface area contributed by atoms with Crippen LogP contribution in [0.2, 0.25) is 0 Å². The maximum Gasteiger partial charge on any atom is 0.255 e. The van der Waals surface area contributed by atoms with Gasteiger partial charge in [0, 0.05) is 6.20 Å². The molecule has 0 bridgehead atoms. The minimum atomic E-state index is -0.317. The quantitative estimate of drug-likeness (QED) is 0.680. The van der Waals surface area contributed by atoms with Crippen molar-refractivity contribution in [3.8, 4) is 5.75 Å². The second-order valence-electron chi connectivity index (χ2n) is 4.48. The Kier molecular flexibility index (Phi) is 3.09. The number of carbonyl (C=O) groups excluding carboxylic acids is 1. The van der Waals surface area contributed by atoms with Crippen LogP contribution >= 0.6 is 0 Å². The average Bonchev–Trinajstić information content (AvgIpc) is 2.97. The minimum Gasteiger partial charge on any atom is -0.507 e. The number of phenolic OH excluding ortho intramolecular Hbond substituents is 1. The summed E-state index contributed by atoms with van der Waals surface area (Å²) in [5.41, 5.74) is 1.07. The summed E-state index contributed by atoms with van der Waals surface area (Å²) in [4.78, 5) is 18.9. The van der Waals surface area contributed by atoms with E-state index < -0.39 is 0 Å². The molecule has 3 aromatic rings. The molecule has 0 atom stereocenters. The second-order valence-corrected chi connectivity index (χ2v) is 4.48. The summed E-state index contributed by atoms with van der Waals surface area (Å²) in [6.07, 6.45) is 3.19. The van der Waals surface area contributed by atoms with Crippen molar-refractivity contribution in [2.45, 2.75) is 6.54 Å². The van der Waals surface area contributed by atoms with Crippen LogP contribution in [0.1, 0.15) is 16.1 Å². The van der Waals surface area contributed by atoms with Gasteiger partial charge in [0.1, 0.15) is 5.75 Å². The predicted octanol–water partition coefficient (Wildman–Crippen LogP) is 2.20. The van der Waals surface area contributed by atoms with E-state index in [0.29, 0.717) is 6.54 Å². The Morgan fingerprint density at radius 2 is 2.00 bits per heavy atom. The summed E-state index contributed by atoms with van der Waals surface area (Å²) in [6, 6.07) is 10.9. The Morgan fingerprint density at radius 1 is 1.25 bits per heavy atom. The molecule has 5 heteroatoms. The normalized spacial score (nSPS) is 10.6. The Labute approximate surface area is 115 Å². The van der Waals surface area contributed by atoms with Crippen LogP contribution in [0.3, 0.4) is 0 Å². The van der Waals surface area contributed by atoms with Crippen molar-refractivity contribution in [2.24, 2.45) is 0 Å². The Balaban J connectivity index is 1.85. The van der Waals surface area contributed by atoms with E-state index in [2.05, 4.69) is 15.3 Å². The fraction of sp³-hybridized carbons (Fsp3) is 0.0667. The number of fused-ring (bicyclic) bond motifs is 1. The Morgan fingerprint density at radius 3 is 2.70 bits per heavy atom. The first kappa shape index (κ1) is 12.2. The molecule has 0 aliphatic carbocycles. The highest BCUT2D eigenvalue weighted by Gasteiger charge is 2.12. The first-order valence-electron chi connectivity index (χ1n) is 6.21. The van der Waals surface area contributed by atoms with Gasteiger partial charge >= 0.3 is 0 Å². The highest BCUT2D eigenvalue weighted by atomic mass is 16.3. The van der Waals surface area contributed by atoms with Crippen molar-refractivity contribution in [1.82, 2.24) is 15.3 Å². The molecule has 0 saturated heterocycles. The average molecular weight is 267 g/mol. The molecule has 3 rings (SSSR count). The maximum absolute atomic E-state index is 12.1. The monoisotopic (exact) mass is 267 g/mol. The molecule has 0 saturated carbocycles. The predicted molar refractivity (Wildman–Crippen MR) is 75.4 cm³/mol. The fourth-order valence-corrected chi connectivity index (χ4v) is 2.06. The number of hydrogen-bond donors (Lipinski definition) is 3. The summed E-state index contributed by atoms with van der Waals surface area (Å²) in [5, 5.41) is 14.5. The van der Waals surface area contributed by atoms with Gasteiger partial charge in [0.2, 0.25) is 0 Å². The molecular weight excluding hydrogens is 254 g/mol. The summed E-state index contributed by atoms with van der Waals surface area (Å²) in [5.74, 6) is -0.339. The molecule has 2 aromatic carbocycles. The number of carbonyl (C=O) groups is 1. The molecule has 1 heterocycles. The van der Waals surface area contributed by atoms with Crippen molar-refractivity contribution in [2.75, 3.05) is 0 Å². The third-order valence-corrected chi connectivity index (χ3v) is 3.10. The van der Waals surface area contributed by atoms with Crippen LogP contribution in [0, 0.1) is 0 Å². The zero-order chi connectivity index (χ0) is 13.9. The molecule has 1 aromatic heterocycles. The topological polar surface area (TPSA) is 78.0 Å². The summed E-state index contributed by atoms with van der Waals surface area (Å²) < 4.78 is 0. The largest absolute Gasteiger partial charge is 0.507 e. The summed E-state index contributed by atoms with van der Waals surface area (Å²) in [7, 11) is 0. The fourth-order valence-electron chi connectivity index (χ4n) is 2.06. The van der Waals surface area contributed by atoms with Gasteiger partial charge in [-0.15, -0.1) is 0 Å². The Hall–Kier alpha value is -2.82. The number of rotatable bonds is 3. The van der Waals surface area contributed by atoms with Crippen LogP contribution < -0.4 is 5.32 Å². The number of hydrogen-bond acceptors (Lipinski definition) is 3. The standard InChI is InChI=1S/C15H13N3O2/c19-14-6-11-4-2-1-3-10(11)5-13(14)15(20)17-8-12-7-16-9-18-12/h1-7,9,19H,8H2,(H,16,18)(H,17,20). The van der Waals surface area contributed by atoms with Crippen LogP contribution in [0.4, 0.5) is 0 Å². The van der Waals surface area contributed by atoms with Gasteiger partial charge in [0.15, 0.2) is 0 Å². The van der Waals surface area contributed by atoms with Gasteiger partial charge in [-0.1, -0.05) is 24.3 Å². The van der Waals surface area contributed by atoms with Gasteiger partial charge < -0.3 is 15.4 Å². The van der Waals surface area contributed by atoms with Gasteiger partial charge in [-0.3, -0.25) is 4.79 Å². The van der Waals surface area contributed by atoms with E-state index in [1.54, 1.807) is 24.7 Å².